The predicted octanol–water partition coefficient (Wildman–Crippen LogP) is 2.61. The Morgan fingerprint density at radius 2 is 1.93 bits per heavy atom. The van der Waals surface area contributed by atoms with E-state index in [0.29, 0.717) is 23.4 Å². The second-order valence-corrected chi connectivity index (χ2v) is 6.79. The van der Waals surface area contributed by atoms with Crippen LogP contribution in [0.4, 0.5) is 5.69 Å². The molecule has 2 unspecified atom stereocenters. The highest BCUT2D eigenvalue weighted by Crippen LogP contribution is 2.38. The lowest BCUT2D eigenvalue weighted by atomic mass is 10.00. The lowest BCUT2D eigenvalue weighted by molar-refractivity contribution is -0.148. The fourth-order valence-electron chi connectivity index (χ4n) is 2.90. The fourth-order valence-corrected chi connectivity index (χ4v) is 2.90. The minimum atomic E-state index is -0.856. The number of carbonyl (C=O) groups excluding carboxylic acids is 3. The topological polar surface area (TPSA) is 82.1 Å². The molecule has 0 spiro atoms. The summed E-state index contributed by atoms with van der Waals surface area (Å²) in [6, 6.07) is 4.10. The third-order valence-electron chi connectivity index (χ3n) is 4.46. The van der Waals surface area contributed by atoms with Crippen LogP contribution >= 0.6 is 0 Å². The van der Waals surface area contributed by atoms with Gasteiger partial charge in [-0.3, -0.25) is 14.5 Å². The summed E-state index contributed by atoms with van der Waals surface area (Å²) in [5.74, 6) is -0.524. The molecule has 0 N–H and O–H groups in total. The lowest BCUT2D eigenvalue weighted by Crippen LogP contribution is -2.54. The number of Topliss-reactive ketones (excluding diaryl/α,β-unsaturated/α-hetero) is 1. The van der Waals surface area contributed by atoms with Crippen LogP contribution in [0.3, 0.4) is 0 Å². The zero-order chi connectivity index (χ0) is 20.1. The maximum absolute atomic E-state index is 13.0. The molecule has 2 atom stereocenters. The van der Waals surface area contributed by atoms with Crippen molar-refractivity contribution < 1.29 is 28.6 Å². The molecule has 0 saturated carbocycles. The van der Waals surface area contributed by atoms with Crippen molar-refractivity contribution in [1.82, 2.24) is 0 Å². The Labute approximate surface area is 159 Å². The SMILES string of the molecule is CCC(=O)c1ccc2c(c1)N(C(C)C(=O)OCCOC)C(=O)C(C(C)C)O2. The number of esters is 1. The lowest BCUT2D eigenvalue weighted by Gasteiger charge is -2.38. The second-order valence-electron chi connectivity index (χ2n) is 6.79. The number of nitrogens with zero attached hydrogens (tertiary/aromatic N) is 1. The highest BCUT2D eigenvalue weighted by atomic mass is 16.6. The number of ketones is 1. The van der Waals surface area contributed by atoms with Gasteiger partial charge in [-0.15, -0.1) is 0 Å². The van der Waals surface area contributed by atoms with Crippen molar-refractivity contribution in [2.45, 2.75) is 46.3 Å². The molecule has 7 heteroatoms. The first-order valence-electron chi connectivity index (χ1n) is 9.14. The number of hydrogen-bond donors (Lipinski definition) is 0. The normalized spacial score (nSPS) is 17.3. The zero-order valence-electron chi connectivity index (χ0n) is 16.5. The molecule has 7 nitrogen and oxygen atoms in total. The van der Waals surface area contributed by atoms with Crippen LogP contribution in [0, 0.1) is 5.92 Å². The van der Waals surface area contributed by atoms with E-state index in [0.717, 1.165) is 0 Å². The van der Waals surface area contributed by atoms with Crippen LogP contribution < -0.4 is 9.64 Å². The number of rotatable bonds is 8. The van der Waals surface area contributed by atoms with E-state index in [4.69, 9.17) is 14.2 Å². The number of ether oxygens (including phenoxy) is 3. The van der Waals surface area contributed by atoms with Gasteiger partial charge in [-0.1, -0.05) is 20.8 Å². The average molecular weight is 377 g/mol. The monoisotopic (exact) mass is 377 g/mol. The van der Waals surface area contributed by atoms with E-state index in [-0.39, 0.29) is 30.8 Å². The Morgan fingerprint density at radius 3 is 2.52 bits per heavy atom. The predicted molar refractivity (Wildman–Crippen MR) is 100 cm³/mol. The number of amides is 1. The summed E-state index contributed by atoms with van der Waals surface area (Å²) in [7, 11) is 1.51. The molecule has 1 heterocycles. The third-order valence-corrected chi connectivity index (χ3v) is 4.46. The van der Waals surface area contributed by atoms with E-state index in [9.17, 15) is 14.4 Å². The molecule has 0 radical (unpaired) electrons. The van der Waals surface area contributed by atoms with Crippen LogP contribution in [0.15, 0.2) is 18.2 Å². The standard InChI is InChI=1S/C20H27NO6/c1-6-16(22)14-7-8-17-15(11-14)21(19(23)18(27-17)12(2)3)13(4)20(24)26-10-9-25-5/h7-8,11-13,18H,6,9-10H2,1-5H3. The van der Waals surface area contributed by atoms with E-state index in [1.807, 2.05) is 13.8 Å². The number of methoxy groups -OCH3 is 1. The van der Waals surface area contributed by atoms with Crippen LogP contribution in [-0.4, -0.2) is 50.1 Å². The third kappa shape index (κ3) is 4.47. The van der Waals surface area contributed by atoms with Crippen molar-refractivity contribution in [3.63, 3.8) is 0 Å². The molecular formula is C20H27NO6. The second kappa shape index (κ2) is 8.99. The molecule has 27 heavy (non-hydrogen) atoms. The summed E-state index contributed by atoms with van der Waals surface area (Å²) in [6.07, 6.45) is -0.365. The van der Waals surface area contributed by atoms with E-state index in [2.05, 4.69) is 0 Å². The molecule has 0 aromatic heterocycles. The summed E-state index contributed by atoms with van der Waals surface area (Å²) in [6.45, 7) is 7.51. The maximum Gasteiger partial charge on any atom is 0.329 e. The molecule has 1 aliphatic heterocycles. The van der Waals surface area contributed by atoms with Crippen LogP contribution in [0.25, 0.3) is 0 Å². The summed E-state index contributed by atoms with van der Waals surface area (Å²) >= 11 is 0. The Bertz CT molecular complexity index is 714. The minimum absolute atomic E-state index is 0.0495. The van der Waals surface area contributed by atoms with Gasteiger partial charge in [0.1, 0.15) is 18.4 Å². The molecule has 0 aliphatic carbocycles. The first kappa shape index (κ1) is 20.9. The molecule has 1 aromatic rings. The van der Waals surface area contributed by atoms with Gasteiger partial charge in [0, 0.05) is 19.1 Å². The molecule has 1 aromatic carbocycles. The highest BCUT2D eigenvalue weighted by molar-refractivity contribution is 6.06. The number of fused-ring (bicyclic) bond motifs is 1. The van der Waals surface area contributed by atoms with Gasteiger partial charge in [0.05, 0.1) is 12.3 Å². The molecule has 0 bridgehead atoms. The first-order chi connectivity index (χ1) is 12.8. The zero-order valence-corrected chi connectivity index (χ0v) is 16.5. The van der Waals surface area contributed by atoms with E-state index >= 15 is 0 Å². The van der Waals surface area contributed by atoms with Gasteiger partial charge in [-0.2, -0.15) is 0 Å². The molecule has 0 saturated heterocycles. The van der Waals surface area contributed by atoms with Crippen molar-refractivity contribution in [1.29, 1.82) is 0 Å². The molecular weight excluding hydrogens is 350 g/mol. The number of carbonyl (C=O) groups is 3. The first-order valence-corrected chi connectivity index (χ1v) is 9.14. The number of anilines is 1. The minimum Gasteiger partial charge on any atom is -0.478 e. The van der Waals surface area contributed by atoms with Gasteiger partial charge in [0.15, 0.2) is 11.9 Å². The summed E-state index contributed by atoms with van der Waals surface area (Å²) in [5, 5.41) is 0. The molecule has 0 fully saturated rings. The van der Waals surface area contributed by atoms with E-state index in [1.165, 1.54) is 12.0 Å². The van der Waals surface area contributed by atoms with Crippen molar-refractivity contribution in [3.05, 3.63) is 23.8 Å². The molecule has 148 valence electrons. The van der Waals surface area contributed by atoms with Gasteiger partial charge < -0.3 is 14.2 Å². The number of hydrogen-bond acceptors (Lipinski definition) is 6. The van der Waals surface area contributed by atoms with Crippen molar-refractivity contribution >= 4 is 23.3 Å². The van der Waals surface area contributed by atoms with E-state index in [1.54, 1.807) is 32.0 Å². The summed E-state index contributed by atoms with van der Waals surface area (Å²) in [5.41, 5.74) is 0.882. The molecule has 1 amide bonds. The van der Waals surface area contributed by atoms with Gasteiger partial charge in [0.2, 0.25) is 0 Å². The Hall–Kier alpha value is -2.41. The fraction of sp³-hybridized carbons (Fsp3) is 0.550. The Kier molecular flexibility index (Phi) is 6.96. The quantitative estimate of drug-likeness (QED) is 0.393. The molecule has 1 aliphatic rings. The maximum atomic E-state index is 13.0. The van der Waals surface area contributed by atoms with Crippen molar-refractivity contribution in [2.75, 3.05) is 25.2 Å². The summed E-state index contributed by atoms with van der Waals surface area (Å²) in [4.78, 5) is 39.0. The van der Waals surface area contributed by atoms with Crippen LogP contribution in [-0.2, 0) is 19.1 Å². The molecule has 2 rings (SSSR count). The van der Waals surface area contributed by atoms with Gasteiger partial charge in [-0.05, 0) is 31.0 Å². The van der Waals surface area contributed by atoms with Gasteiger partial charge >= 0.3 is 5.97 Å². The van der Waals surface area contributed by atoms with Crippen molar-refractivity contribution in [3.8, 4) is 5.75 Å². The van der Waals surface area contributed by atoms with Gasteiger partial charge in [-0.25, -0.2) is 4.79 Å². The van der Waals surface area contributed by atoms with Crippen LogP contribution in [0.2, 0.25) is 0 Å². The highest BCUT2D eigenvalue weighted by Gasteiger charge is 2.41. The van der Waals surface area contributed by atoms with Crippen molar-refractivity contribution in [2.24, 2.45) is 5.92 Å². The Morgan fingerprint density at radius 1 is 1.22 bits per heavy atom. The van der Waals surface area contributed by atoms with Crippen LogP contribution in [0.5, 0.6) is 5.75 Å². The largest absolute Gasteiger partial charge is 0.478 e. The summed E-state index contributed by atoms with van der Waals surface area (Å²) < 4.78 is 15.9. The Balaban J connectivity index is 2.42. The van der Waals surface area contributed by atoms with Crippen LogP contribution in [0.1, 0.15) is 44.5 Å². The average Bonchev–Trinajstić information content (AvgIpc) is 2.65. The number of benzene rings is 1. The van der Waals surface area contributed by atoms with Gasteiger partial charge in [0.25, 0.3) is 5.91 Å². The van der Waals surface area contributed by atoms with E-state index < -0.39 is 18.1 Å². The smallest absolute Gasteiger partial charge is 0.329 e.